The Morgan fingerprint density at radius 3 is 2.42 bits per heavy atom. The van der Waals surface area contributed by atoms with E-state index in [2.05, 4.69) is 16.0 Å². The Bertz CT molecular complexity index is 1500. The number of amides is 5. The second-order valence-corrected chi connectivity index (χ2v) is 15.8. The van der Waals surface area contributed by atoms with Gasteiger partial charge in [-0.2, -0.15) is 0 Å². The van der Waals surface area contributed by atoms with Gasteiger partial charge in [0.25, 0.3) is 0 Å². The highest BCUT2D eigenvalue weighted by molar-refractivity contribution is 7.88. The van der Waals surface area contributed by atoms with E-state index >= 15 is 0 Å². The predicted octanol–water partition coefficient (Wildman–Crippen LogP) is 1.07. The van der Waals surface area contributed by atoms with Crippen LogP contribution in [0.25, 0.3) is 0 Å². The number of carbonyl (C=O) groups excluding carboxylic acids is 4. The van der Waals surface area contributed by atoms with Crippen molar-refractivity contribution in [2.24, 2.45) is 5.92 Å². The van der Waals surface area contributed by atoms with Crippen molar-refractivity contribution in [3.05, 3.63) is 35.1 Å². The number of hydrogen-bond acceptors (Lipinski definition) is 9. The van der Waals surface area contributed by atoms with E-state index in [9.17, 15) is 42.0 Å². The van der Waals surface area contributed by atoms with E-state index in [0.29, 0.717) is 30.4 Å². The topological polar surface area (TPSA) is 198 Å². The standard InChI is InChI=1S/C32H50BFN6O9S/c1-5-10-27(33(45)46)36-29(41)26-15-23(49-32(44)39-17-22-13-9-14-25(34)24(22)19-39)18-40(26)30(42)28(21-11-7-6-8-12-21)37-31(43)35-20(2)16-38(3)50(4,47)48/h9,13-14,20-21,23,26-28,45-46H,5-8,10-12,15-19H2,1-4H3,(H,36,41)(H2,35,37,43)/t20-,23+,26-,27-,28-/m0/s1. The first-order valence-electron chi connectivity index (χ1n) is 17.3. The summed E-state index contributed by atoms with van der Waals surface area (Å²) >= 11 is 0. The van der Waals surface area contributed by atoms with Crippen molar-refractivity contribution in [1.82, 2.24) is 30.1 Å². The molecule has 1 aliphatic carbocycles. The second-order valence-electron chi connectivity index (χ2n) is 13.7. The predicted molar refractivity (Wildman–Crippen MR) is 182 cm³/mol. The number of fused-ring (bicyclic) bond motifs is 1. The molecular weight excluding hydrogens is 674 g/mol. The molecule has 1 aromatic rings. The summed E-state index contributed by atoms with van der Waals surface area (Å²) in [5.41, 5.74) is 1.05. The number of nitrogens with zero attached hydrogens (tertiary/aromatic N) is 3. The molecule has 2 fully saturated rings. The van der Waals surface area contributed by atoms with Crippen LogP contribution in [-0.2, 0) is 37.4 Å². The Kier molecular flexibility index (Phi) is 13.5. The third kappa shape index (κ3) is 10.1. The molecule has 1 saturated heterocycles. The summed E-state index contributed by atoms with van der Waals surface area (Å²) in [6.45, 7) is 3.43. The summed E-state index contributed by atoms with van der Waals surface area (Å²) in [4.78, 5) is 57.3. The fourth-order valence-electron chi connectivity index (χ4n) is 6.99. The number of benzene rings is 1. The van der Waals surface area contributed by atoms with Crippen molar-refractivity contribution in [1.29, 1.82) is 0 Å². The van der Waals surface area contributed by atoms with Crippen LogP contribution in [0.1, 0.15) is 76.3 Å². The molecule has 5 amide bonds. The highest BCUT2D eigenvalue weighted by atomic mass is 32.2. The van der Waals surface area contributed by atoms with Crippen LogP contribution in [0.5, 0.6) is 0 Å². The number of likely N-dealkylation sites (N-methyl/N-ethyl adjacent to an activating group) is 1. The molecule has 0 aromatic heterocycles. The Morgan fingerprint density at radius 2 is 1.80 bits per heavy atom. The minimum Gasteiger partial charge on any atom is -0.444 e. The normalized spacial score (nSPS) is 21.3. The molecule has 2 heterocycles. The number of urea groups is 1. The smallest absolute Gasteiger partial charge is 0.444 e. The molecular formula is C32H50BFN6O9S. The van der Waals surface area contributed by atoms with Gasteiger partial charge in [0.05, 0.1) is 25.3 Å². The second kappa shape index (κ2) is 17.2. The number of rotatable bonds is 13. The van der Waals surface area contributed by atoms with E-state index < -0.39 is 77.1 Å². The van der Waals surface area contributed by atoms with Crippen LogP contribution in [0, 0.1) is 11.7 Å². The van der Waals surface area contributed by atoms with Crippen molar-refractivity contribution in [3.8, 4) is 0 Å². The molecule has 2 aliphatic heterocycles. The molecule has 15 nitrogen and oxygen atoms in total. The lowest BCUT2D eigenvalue weighted by molar-refractivity contribution is -0.141. The Balaban J connectivity index is 1.54. The fraction of sp³-hybridized carbons (Fsp3) is 0.688. The average Bonchev–Trinajstić information content (AvgIpc) is 3.69. The van der Waals surface area contributed by atoms with Crippen molar-refractivity contribution in [3.63, 3.8) is 0 Å². The maximum Gasteiger partial charge on any atom is 0.475 e. The molecule has 1 saturated carbocycles. The maximum absolute atomic E-state index is 14.4. The molecule has 50 heavy (non-hydrogen) atoms. The van der Waals surface area contributed by atoms with Gasteiger partial charge in [0.2, 0.25) is 21.8 Å². The van der Waals surface area contributed by atoms with Gasteiger partial charge in [0, 0.05) is 38.2 Å². The van der Waals surface area contributed by atoms with E-state index in [0.717, 1.165) is 29.8 Å². The highest BCUT2D eigenvalue weighted by Gasteiger charge is 2.46. The molecule has 3 aliphatic rings. The van der Waals surface area contributed by atoms with Crippen LogP contribution < -0.4 is 16.0 Å². The van der Waals surface area contributed by atoms with Crippen molar-refractivity contribution < 1.29 is 46.8 Å². The zero-order valence-electron chi connectivity index (χ0n) is 29.1. The summed E-state index contributed by atoms with van der Waals surface area (Å²) in [6, 6.07) is 1.11. The third-order valence-electron chi connectivity index (χ3n) is 9.74. The van der Waals surface area contributed by atoms with Gasteiger partial charge in [-0.3, -0.25) is 14.5 Å². The molecule has 0 spiro atoms. The first-order valence-corrected chi connectivity index (χ1v) is 19.1. The van der Waals surface area contributed by atoms with Crippen LogP contribution in [0.2, 0.25) is 0 Å². The lowest BCUT2D eigenvalue weighted by Crippen LogP contribution is -2.59. The summed E-state index contributed by atoms with van der Waals surface area (Å²) in [5, 5.41) is 27.9. The minimum atomic E-state index is -3.49. The molecule has 1 aromatic carbocycles. The van der Waals surface area contributed by atoms with Crippen LogP contribution in [-0.4, -0.2) is 120 Å². The number of nitrogens with one attached hydrogen (secondary N) is 3. The third-order valence-corrected chi connectivity index (χ3v) is 11.0. The number of likely N-dealkylation sites (tertiary alicyclic amines) is 1. The zero-order chi connectivity index (χ0) is 36.7. The molecule has 4 rings (SSSR count). The van der Waals surface area contributed by atoms with Gasteiger partial charge < -0.3 is 35.6 Å². The lowest BCUT2D eigenvalue weighted by Gasteiger charge is -2.35. The van der Waals surface area contributed by atoms with Crippen molar-refractivity contribution >= 4 is 41.1 Å². The Hall–Kier alpha value is -3.48. The largest absolute Gasteiger partial charge is 0.475 e. The molecule has 5 atom stereocenters. The molecule has 18 heteroatoms. The molecule has 0 unspecified atom stereocenters. The van der Waals surface area contributed by atoms with Gasteiger partial charge >= 0.3 is 19.2 Å². The highest BCUT2D eigenvalue weighted by Crippen LogP contribution is 2.31. The number of halogens is 1. The van der Waals surface area contributed by atoms with Gasteiger partial charge in [0.15, 0.2) is 0 Å². The number of carbonyl (C=O) groups is 4. The van der Waals surface area contributed by atoms with Crippen molar-refractivity contribution in [2.45, 2.75) is 108 Å². The zero-order valence-corrected chi connectivity index (χ0v) is 30.0. The summed E-state index contributed by atoms with van der Waals surface area (Å²) in [5.74, 6) is -2.91. The number of ether oxygens (including phenoxy) is 1. The minimum absolute atomic E-state index is 0.0000873. The van der Waals surface area contributed by atoms with Crippen LogP contribution in [0.3, 0.4) is 0 Å². The summed E-state index contributed by atoms with van der Waals surface area (Å²) < 4.78 is 45.0. The van der Waals surface area contributed by atoms with E-state index in [1.54, 1.807) is 19.1 Å². The van der Waals surface area contributed by atoms with E-state index in [4.69, 9.17) is 4.74 Å². The van der Waals surface area contributed by atoms with Crippen LogP contribution >= 0.6 is 0 Å². The molecule has 0 radical (unpaired) electrons. The summed E-state index contributed by atoms with van der Waals surface area (Å²) in [6.07, 6.45) is 4.04. The monoisotopic (exact) mass is 724 g/mol. The van der Waals surface area contributed by atoms with Crippen LogP contribution in [0.15, 0.2) is 18.2 Å². The number of hydrogen-bond donors (Lipinski definition) is 5. The first-order chi connectivity index (χ1) is 23.6. The maximum atomic E-state index is 14.4. The molecule has 278 valence electrons. The van der Waals surface area contributed by atoms with E-state index in [1.165, 1.54) is 22.9 Å². The van der Waals surface area contributed by atoms with Crippen LogP contribution in [0.4, 0.5) is 14.0 Å². The fourth-order valence-corrected chi connectivity index (χ4v) is 7.48. The van der Waals surface area contributed by atoms with Gasteiger partial charge in [-0.15, -0.1) is 0 Å². The quantitative estimate of drug-likeness (QED) is 0.185. The number of sulfonamides is 1. The Labute approximate surface area is 293 Å². The summed E-state index contributed by atoms with van der Waals surface area (Å²) in [7, 11) is -3.95. The van der Waals surface area contributed by atoms with Gasteiger partial charge in [0.1, 0.15) is 24.0 Å². The van der Waals surface area contributed by atoms with E-state index in [1.807, 2.05) is 6.92 Å². The van der Waals surface area contributed by atoms with Crippen molar-refractivity contribution in [2.75, 3.05) is 26.4 Å². The molecule has 5 N–H and O–H groups in total. The molecule has 0 bridgehead atoms. The SMILES string of the molecule is CCC[C@H](NC(=O)[C@@H]1C[C@@H](OC(=O)N2Cc3cccc(F)c3C2)CN1C(=O)[C@@H](NC(=O)N[C@@H](C)CN(C)S(C)(=O)=O)C1CCCCC1)B(O)O. The Morgan fingerprint density at radius 1 is 1.10 bits per heavy atom. The van der Waals surface area contributed by atoms with Gasteiger partial charge in [-0.25, -0.2) is 26.7 Å². The first kappa shape index (κ1) is 39.3. The average molecular weight is 725 g/mol. The van der Waals surface area contributed by atoms with E-state index in [-0.39, 0.29) is 44.9 Å². The van der Waals surface area contributed by atoms with Gasteiger partial charge in [-0.1, -0.05) is 44.7 Å². The lowest BCUT2D eigenvalue weighted by atomic mass is 9.76. The van der Waals surface area contributed by atoms with Gasteiger partial charge in [-0.05, 0) is 43.7 Å².